The Kier molecular flexibility index (Phi) is 4.78. The Balaban J connectivity index is 1.94. The van der Waals surface area contributed by atoms with Crippen LogP contribution in [-0.4, -0.2) is 18.5 Å². The highest BCUT2D eigenvalue weighted by atomic mass is 16.5. The van der Waals surface area contributed by atoms with Crippen LogP contribution in [0.3, 0.4) is 0 Å². The van der Waals surface area contributed by atoms with Crippen molar-refractivity contribution in [2.75, 3.05) is 17.7 Å². The average Bonchev–Trinajstić information content (AvgIpc) is 2.48. The van der Waals surface area contributed by atoms with Gasteiger partial charge in [-0.05, 0) is 43.2 Å². The highest BCUT2D eigenvalue weighted by molar-refractivity contribution is 5.96. The molecule has 1 amide bonds. The molecule has 0 atom stereocenters. The molecule has 0 radical (unpaired) electrons. The van der Waals surface area contributed by atoms with Crippen LogP contribution >= 0.6 is 0 Å². The van der Waals surface area contributed by atoms with Gasteiger partial charge in [0.1, 0.15) is 0 Å². The lowest BCUT2D eigenvalue weighted by molar-refractivity contribution is -0.119. The molecule has 0 saturated carbocycles. The second-order valence-electron chi connectivity index (χ2n) is 5.02. The van der Waals surface area contributed by atoms with E-state index in [0.29, 0.717) is 11.3 Å². The molecule has 2 aromatic rings. The first kappa shape index (κ1) is 15.6. The number of para-hydroxylation sites is 1. The van der Waals surface area contributed by atoms with E-state index in [1.165, 1.54) is 6.07 Å². The molecular weight excluding hydrogens is 280 g/mol. The number of ether oxygens (including phenoxy) is 1. The molecule has 0 aromatic heterocycles. The minimum atomic E-state index is -0.580. The molecule has 0 bridgehead atoms. The van der Waals surface area contributed by atoms with Gasteiger partial charge in [-0.2, -0.15) is 0 Å². The molecule has 0 spiro atoms. The number of amides is 1. The Hall–Kier alpha value is -2.82. The normalized spacial score (nSPS) is 10.1. The van der Waals surface area contributed by atoms with Crippen molar-refractivity contribution in [2.24, 2.45) is 0 Å². The van der Waals surface area contributed by atoms with Crippen molar-refractivity contribution in [3.05, 3.63) is 59.2 Å². The van der Waals surface area contributed by atoms with Crippen LogP contribution in [0.25, 0.3) is 0 Å². The maximum absolute atomic E-state index is 11.9. The van der Waals surface area contributed by atoms with E-state index in [-0.39, 0.29) is 12.5 Å². The average molecular weight is 298 g/mol. The smallest absolute Gasteiger partial charge is 0.338 e. The van der Waals surface area contributed by atoms with E-state index in [9.17, 15) is 9.59 Å². The summed E-state index contributed by atoms with van der Waals surface area (Å²) < 4.78 is 4.99. The van der Waals surface area contributed by atoms with Gasteiger partial charge < -0.3 is 15.8 Å². The van der Waals surface area contributed by atoms with E-state index >= 15 is 0 Å². The minimum Gasteiger partial charge on any atom is -0.452 e. The second-order valence-corrected chi connectivity index (χ2v) is 5.02. The summed E-state index contributed by atoms with van der Waals surface area (Å²) in [6, 6.07) is 12.1. The number of hydrogen-bond donors (Lipinski definition) is 2. The van der Waals surface area contributed by atoms with Crippen LogP contribution in [0.15, 0.2) is 42.5 Å². The molecule has 2 rings (SSSR count). The van der Waals surface area contributed by atoms with Crippen molar-refractivity contribution in [2.45, 2.75) is 13.8 Å². The van der Waals surface area contributed by atoms with Gasteiger partial charge in [0.05, 0.1) is 5.56 Å². The van der Waals surface area contributed by atoms with Crippen molar-refractivity contribution in [3.8, 4) is 0 Å². The highest BCUT2D eigenvalue weighted by Crippen LogP contribution is 2.19. The number of hydrogen-bond acceptors (Lipinski definition) is 4. The van der Waals surface area contributed by atoms with Crippen LogP contribution in [0, 0.1) is 13.8 Å². The van der Waals surface area contributed by atoms with Crippen LogP contribution in [0.1, 0.15) is 21.5 Å². The Bertz CT molecular complexity index is 691. The Morgan fingerprint density at radius 2 is 1.73 bits per heavy atom. The molecule has 0 aliphatic carbocycles. The minimum absolute atomic E-state index is 0.319. The maximum Gasteiger partial charge on any atom is 0.338 e. The summed E-state index contributed by atoms with van der Waals surface area (Å²) in [5.41, 5.74) is 9.04. The number of nitrogens with two attached hydrogens (primary N) is 1. The monoisotopic (exact) mass is 298 g/mol. The van der Waals surface area contributed by atoms with Crippen molar-refractivity contribution in [1.29, 1.82) is 0 Å². The number of carbonyl (C=O) groups is 2. The number of rotatable bonds is 4. The fraction of sp³-hybridized carbons (Fsp3) is 0.176. The van der Waals surface area contributed by atoms with Crippen LogP contribution in [0.4, 0.5) is 11.4 Å². The number of anilines is 2. The SMILES string of the molecule is Cc1cccc(C)c1NC(=O)COC(=O)c1cccc(N)c1. The van der Waals surface area contributed by atoms with Gasteiger partial charge in [0.2, 0.25) is 0 Å². The van der Waals surface area contributed by atoms with Crippen molar-refractivity contribution >= 4 is 23.3 Å². The lowest BCUT2D eigenvalue weighted by Crippen LogP contribution is -2.21. The van der Waals surface area contributed by atoms with Crippen molar-refractivity contribution < 1.29 is 14.3 Å². The van der Waals surface area contributed by atoms with Crippen molar-refractivity contribution in [1.82, 2.24) is 0 Å². The molecule has 0 unspecified atom stereocenters. The fourth-order valence-electron chi connectivity index (χ4n) is 2.07. The topological polar surface area (TPSA) is 81.4 Å². The Morgan fingerprint density at radius 1 is 1.09 bits per heavy atom. The first-order valence-corrected chi connectivity index (χ1v) is 6.86. The number of benzene rings is 2. The number of aryl methyl sites for hydroxylation is 2. The number of nitrogens with one attached hydrogen (secondary N) is 1. The van der Waals surface area contributed by atoms with Crippen molar-refractivity contribution in [3.63, 3.8) is 0 Å². The molecule has 3 N–H and O–H groups in total. The summed E-state index contributed by atoms with van der Waals surface area (Å²) in [6.07, 6.45) is 0. The van der Waals surface area contributed by atoms with Gasteiger partial charge in [0.15, 0.2) is 6.61 Å². The maximum atomic E-state index is 11.9. The second kappa shape index (κ2) is 6.76. The van der Waals surface area contributed by atoms with Gasteiger partial charge in [-0.3, -0.25) is 4.79 Å². The van der Waals surface area contributed by atoms with E-state index in [2.05, 4.69) is 5.32 Å². The van der Waals surface area contributed by atoms with Crippen LogP contribution in [0.2, 0.25) is 0 Å². The third-order valence-corrected chi connectivity index (χ3v) is 3.20. The summed E-state index contributed by atoms with van der Waals surface area (Å²) >= 11 is 0. The van der Waals surface area contributed by atoms with E-state index < -0.39 is 5.97 Å². The Labute approximate surface area is 129 Å². The lowest BCUT2D eigenvalue weighted by atomic mass is 10.1. The quantitative estimate of drug-likeness (QED) is 0.671. The summed E-state index contributed by atoms with van der Waals surface area (Å²) in [5.74, 6) is -0.960. The van der Waals surface area contributed by atoms with E-state index in [0.717, 1.165) is 16.8 Å². The summed E-state index contributed by atoms with van der Waals surface area (Å²) in [7, 11) is 0. The number of esters is 1. The first-order chi connectivity index (χ1) is 10.5. The van der Waals surface area contributed by atoms with Crippen LogP contribution < -0.4 is 11.1 Å². The largest absolute Gasteiger partial charge is 0.452 e. The number of nitrogen functional groups attached to an aromatic ring is 1. The zero-order chi connectivity index (χ0) is 16.1. The third kappa shape index (κ3) is 3.85. The van der Waals surface area contributed by atoms with Gasteiger partial charge in [-0.1, -0.05) is 24.3 Å². The summed E-state index contributed by atoms with van der Waals surface area (Å²) in [6.45, 7) is 3.46. The third-order valence-electron chi connectivity index (χ3n) is 3.20. The molecule has 5 nitrogen and oxygen atoms in total. The van der Waals surface area contributed by atoms with Crippen LogP contribution in [0.5, 0.6) is 0 Å². The summed E-state index contributed by atoms with van der Waals surface area (Å²) in [5, 5.41) is 2.76. The molecule has 5 heteroatoms. The van der Waals surface area contributed by atoms with Gasteiger partial charge >= 0.3 is 5.97 Å². The number of carbonyl (C=O) groups excluding carboxylic acids is 2. The van der Waals surface area contributed by atoms with E-state index in [1.807, 2.05) is 32.0 Å². The molecule has 2 aromatic carbocycles. The first-order valence-electron chi connectivity index (χ1n) is 6.86. The molecule has 0 aliphatic heterocycles. The molecule has 0 aliphatic rings. The van der Waals surface area contributed by atoms with Gasteiger partial charge in [-0.25, -0.2) is 4.79 Å². The highest BCUT2D eigenvalue weighted by Gasteiger charge is 2.12. The standard InChI is InChI=1S/C17H18N2O3/c1-11-5-3-6-12(2)16(11)19-15(20)10-22-17(21)13-7-4-8-14(18)9-13/h3-9H,10,18H2,1-2H3,(H,19,20). The fourth-order valence-corrected chi connectivity index (χ4v) is 2.07. The predicted octanol–water partition coefficient (Wildman–Crippen LogP) is 2.68. The zero-order valence-electron chi connectivity index (χ0n) is 12.6. The molecule has 0 saturated heterocycles. The lowest BCUT2D eigenvalue weighted by Gasteiger charge is -2.11. The van der Waals surface area contributed by atoms with Crippen LogP contribution in [-0.2, 0) is 9.53 Å². The zero-order valence-corrected chi connectivity index (χ0v) is 12.6. The molecule has 0 heterocycles. The molecule has 114 valence electrons. The van der Waals surface area contributed by atoms with Gasteiger partial charge in [0, 0.05) is 11.4 Å². The van der Waals surface area contributed by atoms with Gasteiger partial charge in [0.25, 0.3) is 5.91 Å². The molecule has 0 fully saturated rings. The van der Waals surface area contributed by atoms with Gasteiger partial charge in [-0.15, -0.1) is 0 Å². The summed E-state index contributed by atoms with van der Waals surface area (Å²) in [4.78, 5) is 23.7. The molecular formula is C17H18N2O3. The van der Waals surface area contributed by atoms with E-state index in [1.54, 1.807) is 18.2 Å². The Morgan fingerprint density at radius 3 is 2.36 bits per heavy atom. The predicted molar refractivity (Wildman–Crippen MR) is 85.7 cm³/mol. The van der Waals surface area contributed by atoms with E-state index in [4.69, 9.17) is 10.5 Å². The molecule has 22 heavy (non-hydrogen) atoms.